The summed E-state index contributed by atoms with van der Waals surface area (Å²) in [7, 11) is 1.79. The Morgan fingerprint density at radius 3 is 2.62 bits per heavy atom. The molecule has 6 nitrogen and oxygen atoms in total. The van der Waals surface area contributed by atoms with E-state index in [1.165, 1.54) is 0 Å². The van der Waals surface area contributed by atoms with Crippen molar-refractivity contribution in [1.29, 1.82) is 0 Å². The number of hydrogen-bond acceptors (Lipinski definition) is 5. The van der Waals surface area contributed by atoms with Gasteiger partial charge in [0.05, 0.1) is 16.6 Å². The Kier molecular flexibility index (Phi) is 5.98. The molecular formula is C19H29ClN4O2. The van der Waals surface area contributed by atoms with Crippen LogP contribution < -0.4 is 5.73 Å². The summed E-state index contributed by atoms with van der Waals surface area (Å²) >= 11 is 0. The molecule has 2 aromatic heterocycles. The molecule has 26 heavy (non-hydrogen) atoms. The number of carbonyl (C=O) groups is 1. The van der Waals surface area contributed by atoms with Crippen molar-refractivity contribution in [3.8, 4) is 0 Å². The summed E-state index contributed by atoms with van der Waals surface area (Å²) in [6.45, 7) is 8.79. The Hall–Kier alpha value is -1.66. The van der Waals surface area contributed by atoms with E-state index >= 15 is 0 Å². The van der Waals surface area contributed by atoms with E-state index in [4.69, 9.17) is 10.3 Å². The average molecular weight is 381 g/mol. The summed E-state index contributed by atoms with van der Waals surface area (Å²) in [5.41, 5.74) is 8.62. The van der Waals surface area contributed by atoms with E-state index in [9.17, 15) is 4.79 Å². The zero-order valence-corrected chi connectivity index (χ0v) is 17.0. The molecule has 2 aromatic rings. The van der Waals surface area contributed by atoms with Gasteiger partial charge >= 0.3 is 0 Å². The van der Waals surface area contributed by atoms with Crippen LogP contribution in [0.1, 0.15) is 68.2 Å². The molecule has 0 aliphatic heterocycles. The third-order valence-corrected chi connectivity index (χ3v) is 4.78. The summed E-state index contributed by atoms with van der Waals surface area (Å²) in [6.07, 6.45) is 2.95. The molecule has 144 valence electrons. The molecule has 2 heterocycles. The van der Waals surface area contributed by atoms with Crippen LogP contribution in [0.3, 0.4) is 0 Å². The quantitative estimate of drug-likeness (QED) is 0.857. The Morgan fingerprint density at radius 2 is 2.08 bits per heavy atom. The number of nitrogens with two attached hydrogens (primary N) is 1. The van der Waals surface area contributed by atoms with Crippen molar-refractivity contribution in [3.63, 3.8) is 0 Å². The van der Waals surface area contributed by atoms with E-state index < -0.39 is 0 Å². The lowest BCUT2D eigenvalue weighted by Gasteiger charge is -2.24. The minimum atomic E-state index is -0.0504. The first kappa shape index (κ1) is 20.6. The van der Waals surface area contributed by atoms with Gasteiger partial charge in [0, 0.05) is 31.2 Å². The van der Waals surface area contributed by atoms with Crippen LogP contribution in [-0.2, 0) is 6.42 Å². The molecule has 1 atom stereocenters. The maximum absolute atomic E-state index is 13.1. The van der Waals surface area contributed by atoms with Crippen molar-refractivity contribution < 1.29 is 9.32 Å². The highest BCUT2D eigenvalue weighted by Gasteiger charge is 2.31. The normalized spacial score (nSPS) is 15.6. The fourth-order valence-corrected chi connectivity index (χ4v) is 2.96. The number of halogens is 1. The monoisotopic (exact) mass is 380 g/mol. The molecule has 0 saturated heterocycles. The molecule has 1 aliphatic rings. The van der Waals surface area contributed by atoms with Gasteiger partial charge in [-0.05, 0) is 37.7 Å². The molecule has 0 aromatic carbocycles. The second-order valence-electron chi connectivity index (χ2n) is 8.42. The van der Waals surface area contributed by atoms with E-state index in [1.54, 1.807) is 11.9 Å². The number of likely N-dealkylation sites (N-methyl/N-ethyl adjacent to an activating group) is 1. The number of fused-ring (bicyclic) bond motifs is 1. The first-order valence-corrected chi connectivity index (χ1v) is 8.97. The minimum absolute atomic E-state index is 0. The van der Waals surface area contributed by atoms with Crippen molar-refractivity contribution in [2.75, 3.05) is 13.6 Å². The highest BCUT2D eigenvalue weighted by molar-refractivity contribution is 6.06. The van der Waals surface area contributed by atoms with Crippen LogP contribution in [-0.4, -0.2) is 40.6 Å². The smallest absolute Gasteiger partial charge is 0.259 e. The minimum Gasteiger partial charge on any atom is -0.338 e. The maximum Gasteiger partial charge on any atom is 0.259 e. The van der Waals surface area contributed by atoms with Crippen LogP contribution in [0.4, 0.5) is 0 Å². The van der Waals surface area contributed by atoms with Crippen LogP contribution in [0.15, 0.2) is 10.6 Å². The third kappa shape index (κ3) is 4.18. The van der Waals surface area contributed by atoms with Gasteiger partial charge in [-0.15, -0.1) is 12.4 Å². The highest BCUT2D eigenvalue weighted by Crippen LogP contribution is 2.41. The number of rotatable bonds is 5. The molecular weight excluding hydrogens is 352 g/mol. The Bertz CT molecular complexity index is 793. The second kappa shape index (κ2) is 7.53. The van der Waals surface area contributed by atoms with Gasteiger partial charge in [0.2, 0.25) is 0 Å². The standard InChI is InChI=1S/C19H28N4O2.ClH/c1-11(10-20)23(5)18(24)13-8-14(12-6-7-12)21-17-16(13)15(22-25-17)9-19(2,3)4;/h8,11-12H,6-7,9-10,20H2,1-5H3;1H. The molecule has 1 fully saturated rings. The van der Waals surface area contributed by atoms with Gasteiger partial charge < -0.3 is 15.2 Å². The molecule has 0 radical (unpaired) electrons. The topological polar surface area (TPSA) is 85.2 Å². The van der Waals surface area contributed by atoms with Gasteiger partial charge in [0.25, 0.3) is 11.6 Å². The summed E-state index contributed by atoms with van der Waals surface area (Å²) in [6, 6.07) is 1.90. The zero-order chi connectivity index (χ0) is 18.4. The lowest BCUT2D eigenvalue weighted by molar-refractivity contribution is 0.0750. The average Bonchev–Trinajstić information content (AvgIpc) is 3.33. The predicted molar refractivity (Wildman–Crippen MR) is 105 cm³/mol. The van der Waals surface area contributed by atoms with E-state index in [2.05, 4.69) is 30.9 Å². The van der Waals surface area contributed by atoms with Gasteiger partial charge in [-0.25, -0.2) is 4.98 Å². The zero-order valence-electron chi connectivity index (χ0n) is 16.2. The van der Waals surface area contributed by atoms with Crippen LogP contribution in [0.2, 0.25) is 0 Å². The second-order valence-corrected chi connectivity index (χ2v) is 8.42. The van der Waals surface area contributed by atoms with Crippen molar-refractivity contribution in [1.82, 2.24) is 15.0 Å². The SMILES string of the molecule is CC(CN)N(C)C(=O)c1cc(C2CC2)nc2onc(CC(C)(C)C)c12.Cl. The van der Waals surface area contributed by atoms with Crippen LogP contribution in [0, 0.1) is 5.41 Å². The molecule has 1 unspecified atom stereocenters. The van der Waals surface area contributed by atoms with Gasteiger partial charge in [0.1, 0.15) is 0 Å². The van der Waals surface area contributed by atoms with Gasteiger partial charge in [-0.3, -0.25) is 4.79 Å². The number of pyridine rings is 1. The number of carbonyl (C=O) groups excluding carboxylic acids is 1. The molecule has 3 rings (SSSR count). The van der Waals surface area contributed by atoms with Crippen molar-refractivity contribution >= 4 is 29.4 Å². The van der Waals surface area contributed by atoms with E-state index in [1.807, 2.05) is 13.0 Å². The Balaban J connectivity index is 0.00000243. The molecule has 1 amide bonds. The van der Waals surface area contributed by atoms with Crippen molar-refractivity contribution in [2.45, 2.75) is 58.9 Å². The Morgan fingerprint density at radius 1 is 1.42 bits per heavy atom. The molecule has 1 saturated carbocycles. The highest BCUT2D eigenvalue weighted by atomic mass is 35.5. The number of aromatic nitrogens is 2. The molecule has 1 aliphatic carbocycles. The number of amides is 1. The van der Waals surface area contributed by atoms with Crippen LogP contribution >= 0.6 is 12.4 Å². The summed E-state index contributed by atoms with van der Waals surface area (Å²) in [4.78, 5) is 19.5. The molecule has 2 N–H and O–H groups in total. The van der Waals surface area contributed by atoms with E-state index in [-0.39, 0.29) is 29.8 Å². The maximum atomic E-state index is 13.1. The largest absolute Gasteiger partial charge is 0.338 e. The van der Waals surface area contributed by atoms with Gasteiger partial charge in [-0.2, -0.15) is 0 Å². The Labute approximate surface area is 160 Å². The predicted octanol–water partition coefficient (Wildman–Crippen LogP) is 3.53. The van der Waals surface area contributed by atoms with Crippen molar-refractivity contribution in [2.24, 2.45) is 11.1 Å². The van der Waals surface area contributed by atoms with Crippen LogP contribution in [0.5, 0.6) is 0 Å². The van der Waals surface area contributed by atoms with Crippen LogP contribution in [0.25, 0.3) is 11.1 Å². The number of hydrogen-bond donors (Lipinski definition) is 1. The summed E-state index contributed by atoms with van der Waals surface area (Å²) in [5.74, 6) is 0.384. The third-order valence-electron chi connectivity index (χ3n) is 4.78. The lowest BCUT2D eigenvalue weighted by atomic mass is 9.89. The fourth-order valence-electron chi connectivity index (χ4n) is 2.96. The van der Waals surface area contributed by atoms with Crippen molar-refractivity contribution in [3.05, 3.63) is 23.0 Å². The first-order chi connectivity index (χ1) is 11.7. The van der Waals surface area contributed by atoms with Gasteiger partial charge in [-0.1, -0.05) is 25.9 Å². The van der Waals surface area contributed by atoms with E-state index in [0.717, 1.165) is 36.0 Å². The molecule has 0 bridgehead atoms. The number of nitrogens with zero attached hydrogens (tertiary/aromatic N) is 3. The summed E-state index contributed by atoms with van der Waals surface area (Å²) < 4.78 is 5.51. The van der Waals surface area contributed by atoms with Gasteiger partial charge in [0.15, 0.2) is 0 Å². The molecule has 7 heteroatoms. The first-order valence-electron chi connectivity index (χ1n) is 8.97. The summed E-state index contributed by atoms with van der Waals surface area (Å²) in [5, 5.41) is 4.99. The fraction of sp³-hybridized carbons (Fsp3) is 0.632. The van der Waals surface area contributed by atoms with E-state index in [0.29, 0.717) is 23.7 Å². The molecule has 0 spiro atoms. The lowest BCUT2D eigenvalue weighted by Crippen LogP contribution is -2.39.